The molecule has 1 saturated heterocycles. The zero-order valence-corrected chi connectivity index (χ0v) is 14.0. The highest BCUT2D eigenvalue weighted by Crippen LogP contribution is 2.14. The number of rotatable bonds is 5. The van der Waals surface area contributed by atoms with Crippen LogP contribution >= 0.6 is 0 Å². The second-order valence-electron chi connectivity index (χ2n) is 5.94. The van der Waals surface area contributed by atoms with Crippen LogP contribution in [0.15, 0.2) is 48.5 Å². The average Bonchev–Trinajstić information content (AvgIpc) is 2.64. The summed E-state index contributed by atoms with van der Waals surface area (Å²) in [7, 11) is 0. The van der Waals surface area contributed by atoms with E-state index in [2.05, 4.69) is 21.6 Å². The van der Waals surface area contributed by atoms with Crippen molar-refractivity contribution in [3.8, 4) is 0 Å². The summed E-state index contributed by atoms with van der Waals surface area (Å²) < 4.78 is 19.0. The highest BCUT2D eigenvalue weighted by atomic mass is 19.1. The maximum atomic E-state index is 13.6. The number of halogens is 1. The molecule has 0 spiro atoms. The van der Waals surface area contributed by atoms with Gasteiger partial charge in [-0.3, -0.25) is 4.90 Å². The van der Waals surface area contributed by atoms with Crippen molar-refractivity contribution in [3.63, 3.8) is 0 Å². The predicted octanol–water partition coefficient (Wildman–Crippen LogP) is 2.98. The Balaban J connectivity index is 1.57. The van der Waals surface area contributed by atoms with Gasteiger partial charge in [0, 0.05) is 26.2 Å². The molecular weight excluding hydrogens is 321 g/mol. The lowest BCUT2D eigenvalue weighted by Crippen LogP contribution is -2.36. The van der Waals surface area contributed by atoms with Crippen molar-refractivity contribution in [3.05, 3.63) is 65.5 Å². The van der Waals surface area contributed by atoms with Crippen LogP contribution in [0.25, 0.3) is 0 Å². The molecule has 2 aromatic rings. The van der Waals surface area contributed by atoms with Crippen molar-refractivity contribution in [1.29, 1.82) is 0 Å². The number of morpholine rings is 1. The standard InChI is InChI=1S/C19H22FN3O2/c20-17-7-3-4-8-18(17)22-19(24)21-13-15-5-1-2-6-16(15)14-23-9-11-25-12-10-23/h1-8H,9-14H2,(H2,21,22,24). The second kappa shape index (κ2) is 8.60. The summed E-state index contributed by atoms with van der Waals surface area (Å²) in [5.41, 5.74) is 2.40. The van der Waals surface area contributed by atoms with Crippen molar-refractivity contribution < 1.29 is 13.9 Å². The van der Waals surface area contributed by atoms with Crippen molar-refractivity contribution >= 4 is 11.7 Å². The highest BCUT2D eigenvalue weighted by Gasteiger charge is 2.13. The summed E-state index contributed by atoms with van der Waals surface area (Å²) in [5, 5.41) is 5.32. The normalized spacial score (nSPS) is 14.9. The van der Waals surface area contributed by atoms with Gasteiger partial charge in [-0.15, -0.1) is 0 Å². The van der Waals surface area contributed by atoms with E-state index in [1.807, 2.05) is 18.2 Å². The summed E-state index contributed by atoms with van der Waals surface area (Å²) in [6.45, 7) is 4.55. The van der Waals surface area contributed by atoms with E-state index in [-0.39, 0.29) is 5.69 Å². The van der Waals surface area contributed by atoms with Crippen LogP contribution in [-0.4, -0.2) is 37.2 Å². The predicted molar refractivity (Wildman–Crippen MR) is 94.8 cm³/mol. The molecule has 132 valence electrons. The number of nitrogens with zero attached hydrogens (tertiary/aromatic N) is 1. The molecular formula is C19H22FN3O2. The minimum absolute atomic E-state index is 0.168. The Hall–Kier alpha value is -2.44. The molecule has 0 bridgehead atoms. The van der Waals surface area contributed by atoms with Crippen LogP contribution in [-0.2, 0) is 17.8 Å². The number of amides is 2. The molecule has 2 aromatic carbocycles. The van der Waals surface area contributed by atoms with Gasteiger partial charge in [0.15, 0.2) is 0 Å². The SMILES string of the molecule is O=C(NCc1ccccc1CN1CCOCC1)Nc1ccccc1F. The van der Waals surface area contributed by atoms with E-state index in [1.54, 1.807) is 12.1 Å². The fourth-order valence-electron chi connectivity index (χ4n) is 2.79. The first-order valence-corrected chi connectivity index (χ1v) is 8.38. The molecule has 6 heteroatoms. The molecule has 5 nitrogen and oxygen atoms in total. The van der Waals surface area contributed by atoms with Crippen LogP contribution in [0, 0.1) is 5.82 Å². The van der Waals surface area contributed by atoms with E-state index in [0.717, 1.165) is 38.4 Å². The molecule has 25 heavy (non-hydrogen) atoms. The molecule has 0 aliphatic carbocycles. The van der Waals surface area contributed by atoms with Crippen LogP contribution in [0.5, 0.6) is 0 Å². The summed E-state index contributed by atoms with van der Waals surface area (Å²) >= 11 is 0. The van der Waals surface area contributed by atoms with Crippen LogP contribution in [0.4, 0.5) is 14.9 Å². The molecule has 1 heterocycles. The maximum absolute atomic E-state index is 13.6. The Morgan fingerprint density at radius 3 is 2.48 bits per heavy atom. The topological polar surface area (TPSA) is 53.6 Å². The average molecular weight is 343 g/mol. The number of hydrogen-bond donors (Lipinski definition) is 2. The number of carbonyl (C=O) groups is 1. The van der Waals surface area contributed by atoms with E-state index >= 15 is 0 Å². The van der Waals surface area contributed by atoms with Gasteiger partial charge in [-0.25, -0.2) is 9.18 Å². The molecule has 3 rings (SSSR count). The Bertz CT molecular complexity index is 717. The van der Waals surface area contributed by atoms with Crippen LogP contribution < -0.4 is 10.6 Å². The Morgan fingerprint density at radius 1 is 1.04 bits per heavy atom. The van der Waals surface area contributed by atoms with Gasteiger partial charge in [0.2, 0.25) is 0 Å². The van der Waals surface area contributed by atoms with E-state index in [9.17, 15) is 9.18 Å². The number of hydrogen-bond acceptors (Lipinski definition) is 3. The molecule has 1 fully saturated rings. The Labute approximate surface area is 146 Å². The van der Waals surface area contributed by atoms with Crippen molar-refractivity contribution in [2.75, 3.05) is 31.6 Å². The number of carbonyl (C=O) groups excluding carboxylic acids is 1. The number of ether oxygens (including phenoxy) is 1. The van der Waals surface area contributed by atoms with Crippen molar-refractivity contribution in [2.24, 2.45) is 0 Å². The number of nitrogens with one attached hydrogen (secondary N) is 2. The van der Waals surface area contributed by atoms with E-state index in [1.165, 1.54) is 17.7 Å². The monoisotopic (exact) mass is 343 g/mol. The minimum Gasteiger partial charge on any atom is -0.379 e. The van der Waals surface area contributed by atoms with Gasteiger partial charge < -0.3 is 15.4 Å². The molecule has 2 N–H and O–H groups in total. The Morgan fingerprint density at radius 2 is 1.72 bits per heavy atom. The van der Waals surface area contributed by atoms with Crippen molar-refractivity contribution in [1.82, 2.24) is 10.2 Å². The van der Waals surface area contributed by atoms with Gasteiger partial charge in [0.25, 0.3) is 0 Å². The third kappa shape index (κ3) is 5.01. The summed E-state index contributed by atoms with van der Waals surface area (Å²) in [5.74, 6) is -0.453. The molecule has 1 aliphatic rings. The van der Waals surface area contributed by atoms with Gasteiger partial charge in [0.05, 0.1) is 18.9 Å². The number of urea groups is 1. The van der Waals surface area contributed by atoms with Crippen LogP contribution in [0.1, 0.15) is 11.1 Å². The third-order valence-corrected chi connectivity index (χ3v) is 4.18. The zero-order valence-electron chi connectivity index (χ0n) is 14.0. The number of benzene rings is 2. The first-order valence-electron chi connectivity index (χ1n) is 8.38. The lowest BCUT2D eigenvalue weighted by Gasteiger charge is -2.27. The molecule has 0 atom stereocenters. The summed E-state index contributed by atoms with van der Waals surface area (Å²) in [6.07, 6.45) is 0. The second-order valence-corrected chi connectivity index (χ2v) is 5.94. The van der Waals surface area contributed by atoms with E-state index < -0.39 is 11.8 Å². The van der Waals surface area contributed by atoms with Gasteiger partial charge in [-0.2, -0.15) is 0 Å². The largest absolute Gasteiger partial charge is 0.379 e. The van der Waals surface area contributed by atoms with Gasteiger partial charge in [0.1, 0.15) is 5.82 Å². The quantitative estimate of drug-likeness (QED) is 0.878. The van der Waals surface area contributed by atoms with Crippen molar-refractivity contribution in [2.45, 2.75) is 13.1 Å². The van der Waals surface area contributed by atoms with Gasteiger partial charge >= 0.3 is 6.03 Å². The van der Waals surface area contributed by atoms with Gasteiger partial charge in [-0.1, -0.05) is 36.4 Å². The first kappa shape index (κ1) is 17.4. The summed E-state index contributed by atoms with van der Waals surface area (Å²) in [6, 6.07) is 13.7. The van der Waals surface area contributed by atoms with Gasteiger partial charge in [-0.05, 0) is 23.3 Å². The Kier molecular flexibility index (Phi) is 5.98. The molecule has 2 amide bonds. The lowest BCUT2D eigenvalue weighted by molar-refractivity contribution is 0.0341. The fourth-order valence-corrected chi connectivity index (χ4v) is 2.79. The maximum Gasteiger partial charge on any atom is 0.319 e. The minimum atomic E-state index is -0.453. The highest BCUT2D eigenvalue weighted by molar-refractivity contribution is 5.89. The van der Waals surface area contributed by atoms with Crippen LogP contribution in [0.3, 0.4) is 0 Å². The molecule has 0 saturated carbocycles. The fraction of sp³-hybridized carbons (Fsp3) is 0.316. The zero-order chi connectivity index (χ0) is 17.5. The summed E-state index contributed by atoms with van der Waals surface area (Å²) in [4.78, 5) is 14.4. The molecule has 1 aliphatic heterocycles. The van der Waals surface area contributed by atoms with E-state index in [4.69, 9.17) is 4.74 Å². The number of anilines is 1. The lowest BCUT2D eigenvalue weighted by atomic mass is 10.1. The molecule has 0 unspecified atom stereocenters. The molecule has 0 radical (unpaired) electrons. The van der Waals surface area contributed by atoms with Crippen LogP contribution in [0.2, 0.25) is 0 Å². The first-order chi connectivity index (χ1) is 12.2. The third-order valence-electron chi connectivity index (χ3n) is 4.18. The smallest absolute Gasteiger partial charge is 0.319 e. The van der Waals surface area contributed by atoms with E-state index in [0.29, 0.717) is 6.54 Å². The molecule has 0 aromatic heterocycles. The number of para-hydroxylation sites is 1.